The van der Waals surface area contributed by atoms with Gasteiger partial charge < -0.3 is 5.32 Å². The number of halogens is 1. The van der Waals surface area contributed by atoms with Crippen molar-refractivity contribution in [1.82, 2.24) is 10.2 Å². The highest BCUT2D eigenvalue weighted by Gasteiger charge is 2.37. The van der Waals surface area contributed by atoms with Gasteiger partial charge in [-0.15, -0.1) is 0 Å². The van der Waals surface area contributed by atoms with Gasteiger partial charge in [0.15, 0.2) is 0 Å². The first kappa shape index (κ1) is 11.2. The molecule has 17 heavy (non-hydrogen) atoms. The van der Waals surface area contributed by atoms with E-state index in [2.05, 4.69) is 17.1 Å². The van der Waals surface area contributed by atoms with E-state index in [1.807, 2.05) is 6.07 Å². The van der Waals surface area contributed by atoms with E-state index in [-0.39, 0.29) is 5.82 Å². The van der Waals surface area contributed by atoms with Crippen molar-refractivity contribution in [2.24, 2.45) is 11.8 Å². The molecule has 3 unspecified atom stereocenters. The van der Waals surface area contributed by atoms with Crippen LogP contribution in [0.3, 0.4) is 0 Å². The normalized spacial score (nSPS) is 30.5. The molecule has 0 saturated carbocycles. The highest BCUT2D eigenvalue weighted by atomic mass is 19.1. The van der Waals surface area contributed by atoms with Crippen LogP contribution >= 0.6 is 0 Å². The van der Waals surface area contributed by atoms with Gasteiger partial charge in [-0.3, -0.25) is 4.90 Å². The van der Waals surface area contributed by atoms with Crippen LogP contribution in [-0.2, 0) is 0 Å². The molecule has 2 nitrogen and oxygen atoms in total. The highest BCUT2D eigenvalue weighted by Crippen LogP contribution is 2.32. The van der Waals surface area contributed by atoms with Crippen molar-refractivity contribution in [1.29, 1.82) is 0 Å². The number of nitrogens with one attached hydrogen (secondary N) is 1. The summed E-state index contributed by atoms with van der Waals surface area (Å²) in [6, 6.07) is 7.34. The van der Waals surface area contributed by atoms with Crippen LogP contribution in [0.15, 0.2) is 24.3 Å². The average Bonchev–Trinajstić information content (AvgIpc) is 2.88. The van der Waals surface area contributed by atoms with Crippen molar-refractivity contribution in [2.45, 2.75) is 13.0 Å². The van der Waals surface area contributed by atoms with Crippen molar-refractivity contribution in [2.75, 3.05) is 26.2 Å². The molecule has 0 spiro atoms. The summed E-state index contributed by atoms with van der Waals surface area (Å²) in [5, 5.41) is 3.45. The molecule has 1 N–H and O–H groups in total. The van der Waals surface area contributed by atoms with Crippen LogP contribution in [-0.4, -0.2) is 31.1 Å². The molecule has 0 radical (unpaired) electrons. The smallest absolute Gasteiger partial charge is 0.123 e. The maximum Gasteiger partial charge on any atom is 0.123 e. The van der Waals surface area contributed by atoms with Gasteiger partial charge in [0.2, 0.25) is 0 Å². The molecule has 2 aliphatic rings. The fourth-order valence-electron chi connectivity index (χ4n) is 3.19. The minimum Gasteiger partial charge on any atom is -0.316 e. The number of fused-ring (bicyclic) bond motifs is 1. The predicted octanol–water partition coefficient (Wildman–Crippen LogP) is 2.04. The van der Waals surface area contributed by atoms with Gasteiger partial charge in [-0.05, 0) is 49.5 Å². The first-order valence-electron chi connectivity index (χ1n) is 6.44. The van der Waals surface area contributed by atoms with Gasteiger partial charge in [0.05, 0.1) is 0 Å². The summed E-state index contributed by atoms with van der Waals surface area (Å²) in [7, 11) is 0. The Labute approximate surface area is 102 Å². The first-order chi connectivity index (χ1) is 8.24. The minimum absolute atomic E-state index is 0.129. The van der Waals surface area contributed by atoms with Crippen LogP contribution in [0.25, 0.3) is 0 Å². The van der Waals surface area contributed by atoms with E-state index in [4.69, 9.17) is 0 Å². The van der Waals surface area contributed by atoms with Gasteiger partial charge in [0.25, 0.3) is 0 Å². The van der Waals surface area contributed by atoms with Crippen molar-refractivity contribution in [3.63, 3.8) is 0 Å². The molecule has 1 aromatic carbocycles. The van der Waals surface area contributed by atoms with E-state index in [0.29, 0.717) is 6.04 Å². The highest BCUT2D eigenvalue weighted by molar-refractivity contribution is 5.20. The summed E-state index contributed by atoms with van der Waals surface area (Å²) in [5.74, 6) is 1.47. The Morgan fingerprint density at radius 3 is 2.65 bits per heavy atom. The molecule has 2 aliphatic heterocycles. The molecule has 1 aromatic rings. The van der Waals surface area contributed by atoms with Crippen LogP contribution in [0.4, 0.5) is 4.39 Å². The summed E-state index contributed by atoms with van der Waals surface area (Å²) in [6.07, 6.45) is 0. The van der Waals surface area contributed by atoms with Crippen LogP contribution < -0.4 is 5.32 Å². The predicted molar refractivity (Wildman–Crippen MR) is 66.2 cm³/mol. The van der Waals surface area contributed by atoms with E-state index < -0.39 is 0 Å². The third-order valence-electron chi connectivity index (χ3n) is 4.30. The number of benzene rings is 1. The second-order valence-electron chi connectivity index (χ2n) is 5.36. The quantitative estimate of drug-likeness (QED) is 0.842. The van der Waals surface area contributed by atoms with E-state index >= 15 is 0 Å². The van der Waals surface area contributed by atoms with E-state index in [9.17, 15) is 4.39 Å². The SMILES string of the molecule is CC(c1cccc(F)c1)N1CC2CNCC2C1. The standard InChI is InChI=1S/C14H19FN2/c1-10(11-3-2-4-14(15)5-11)17-8-12-6-16-7-13(12)9-17/h2-5,10,12-13,16H,6-9H2,1H3. The molecule has 3 atom stereocenters. The van der Waals surface area contributed by atoms with Gasteiger partial charge in [0.1, 0.15) is 5.82 Å². The Hall–Kier alpha value is -0.930. The van der Waals surface area contributed by atoms with Gasteiger partial charge in [-0.2, -0.15) is 0 Å². The summed E-state index contributed by atoms with van der Waals surface area (Å²) >= 11 is 0. The van der Waals surface area contributed by atoms with Gasteiger partial charge in [-0.1, -0.05) is 12.1 Å². The lowest BCUT2D eigenvalue weighted by Crippen LogP contribution is -2.28. The molecule has 0 amide bonds. The second-order valence-corrected chi connectivity index (χ2v) is 5.36. The zero-order valence-electron chi connectivity index (χ0n) is 10.2. The Morgan fingerprint density at radius 2 is 2.00 bits per heavy atom. The average molecular weight is 234 g/mol. The molecule has 2 saturated heterocycles. The Kier molecular flexibility index (Phi) is 2.89. The molecule has 92 valence electrons. The van der Waals surface area contributed by atoms with Crippen LogP contribution in [0.5, 0.6) is 0 Å². The number of hydrogen-bond donors (Lipinski definition) is 1. The van der Waals surface area contributed by atoms with E-state index in [1.54, 1.807) is 12.1 Å². The van der Waals surface area contributed by atoms with Gasteiger partial charge in [-0.25, -0.2) is 4.39 Å². The second kappa shape index (κ2) is 4.39. The Bertz CT molecular complexity index is 395. The zero-order valence-corrected chi connectivity index (χ0v) is 10.2. The monoisotopic (exact) mass is 234 g/mol. The van der Waals surface area contributed by atoms with Crippen LogP contribution in [0, 0.1) is 17.7 Å². The summed E-state index contributed by atoms with van der Waals surface area (Å²) in [6.45, 7) is 6.78. The molecule has 0 bridgehead atoms. The van der Waals surface area contributed by atoms with Crippen LogP contribution in [0.1, 0.15) is 18.5 Å². The topological polar surface area (TPSA) is 15.3 Å². The molecule has 3 rings (SSSR count). The molecule has 3 heteroatoms. The summed E-state index contributed by atoms with van der Waals surface area (Å²) in [4.78, 5) is 2.49. The van der Waals surface area contributed by atoms with Gasteiger partial charge >= 0.3 is 0 Å². The summed E-state index contributed by atoms with van der Waals surface area (Å²) in [5.41, 5.74) is 1.10. The number of hydrogen-bond acceptors (Lipinski definition) is 2. The lowest BCUT2D eigenvalue weighted by molar-refractivity contribution is 0.243. The third kappa shape index (κ3) is 2.09. The van der Waals surface area contributed by atoms with E-state index in [0.717, 1.165) is 43.6 Å². The fraction of sp³-hybridized carbons (Fsp3) is 0.571. The van der Waals surface area contributed by atoms with Gasteiger partial charge in [0, 0.05) is 19.1 Å². The number of likely N-dealkylation sites (tertiary alicyclic amines) is 1. The molecule has 0 aliphatic carbocycles. The fourth-order valence-corrected chi connectivity index (χ4v) is 3.19. The van der Waals surface area contributed by atoms with Crippen molar-refractivity contribution < 1.29 is 4.39 Å². The third-order valence-corrected chi connectivity index (χ3v) is 4.30. The van der Waals surface area contributed by atoms with Crippen molar-refractivity contribution in [3.05, 3.63) is 35.6 Å². The number of nitrogens with zero attached hydrogens (tertiary/aromatic N) is 1. The first-order valence-corrected chi connectivity index (χ1v) is 6.44. The molecule has 0 aromatic heterocycles. The van der Waals surface area contributed by atoms with Crippen molar-refractivity contribution in [3.8, 4) is 0 Å². The molecule has 2 heterocycles. The zero-order chi connectivity index (χ0) is 11.8. The van der Waals surface area contributed by atoms with Crippen LogP contribution in [0.2, 0.25) is 0 Å². The number of rotatable bonds is 2. The van der Waals surface area contributed by atoms with Crippen molar-refractivity contribution >= 4 is 0 Å². The maximum atomic E-state index is 13.2. The summed E-state index contributed by atoms with van der Waals surface area (Å²) < 4.78 is 13.2. The molecule has 2 fully saturated rings. The maximum absolute atomic E-state index is 13.2. The largest absolute Gasteiger partial charge is 0.316 e. The lowest BCUT2D eigenvalue weighted by Gasteiger charge is -2.25. The van der Waals surface area contributed by atoms with E-state index in [1.165, 1.54) is 6.07 Å². The molecular formula is C14H19FN2. The minimum atomic E-state index is -0.129. The lowest BCUT2D eigenvalue weighted by atomic mass is 10.0. The molecular weight excluding hydrogens is 215 g/mol. The Morgan fingerprint density at radius 1 is 1.29 bits per heavy atom. The Balaban J connectivity index is 1.73.